The van der Waals surface area contributed by atoms with Crippen LogP contribution in [0.2, 0.25) is 0 Å². The van der Waals surface area contributed by atoms with Gasteiger partial charge in [-0.05, 0) is 52.4 Å². The second kappa shape index (κ2) is 6.84. The predicted molar refractivity (Wildman–Crippen MR) is 85.0 cm³/mol. The molecule has 0 unspecified atom stereocenters. The van der Waals surface area contributed by atoms with E-state index in [9.17, 15) is 0 Å². The molecule has 1 atom stereocenters. The number of likely N-dealkylation sites (tertiary alicyclic amines) is 1. The minimum atomic E-state index is 0.454. The monoisotopic (exact) mass is 288 g/mol. The summed E-state index contributed by atoms with van der Waals surface area (Å²) in [6, 6.07) is 3.27. The van der Waals surface area contributed by atoms with Crippen molar-refractivity contribution in [3.8, 4) is 0 Å². The zero-order valence-corrected chi connectivity index (χ0v) is 13.5. The van der Waals surface area contributed by atoms with Crippen molar-refractivity contribution < 1.29 is 0 Å². The van der Waals surface area contributed by atoms with Crippen molar-refractivity contribution in [1.29, 1.82) is 0 Å². The first kappa shape index (κ1) is 14.9. The molecule has 4 heteroatoms. The quantitative estimate of drug-likeness (QED) is 0.852. The van der Waals surface area contributed by atoms with Crippen LogP contribution in [-0.2, 0) is 6.54 Å². The van der Waals surface area contributed by atoms with Crippen molar-refractivity contribution in [2.75, 3.05) is 20.6 Å². The highest BCUT2D eigenvalue weighted by atomic mass is 15.2. The second-order valence-electron chi connectivity index (χ2n) is 6.83. The fourth-order valence-corrected chi connectivity index (χ4v) is 3.90. The summed E-state index contributed by atoms with van der Waals surface area (Å²) < 4.78 is 0. The maximum absolute atomic E-state index is 4.85. The van der Waals surface area contributed by atoms with Gasteiger partial charge in [0.1, 0.15) is 5.82 Å². The van der Waals surface area contributed by atoms with Gasteiger partial charge in [0, 0.05) is 18.8 Å². The van der Waals surface area contributed by atoms with E-state index in [0.717, 1.165) is 24.1 Å². The Kier molecular flexibility index (Phi) is 4.86. The molecule has 1 saturated heterocycles. The zero-order valence-electron chi connectivity index (χ0n) is 13.5. The van der Waals surface area contributed by atoms with Crippen molar-refractivity contribution in [2.45, 2.75) is 63.6 Å². The first-order valence-corrected chi connectivity index (χ1v) is 8.46. The normalized spacial score (nSPS) is 24.8. The average Bonchev–Trinajstić information content (AvgIpc) is 2.97. The Morgan fingerprint density at radius 1 is 1.14 bits per heavy atom. The highest BCUT2D eigenvalue weighted by Crippen LogP contribution is 2.36. The van der Waals surface area contributed by atoms with Gasteiger partial charge in [-0.1, -0.05) is 19.3 Å². The Bertz CT molecular complexity index is 454. The minimum Gasteiger partial charge on any atom is -0.304 e. The lowest BCUT2D eigenvalue weighted by atomic mass is 9.93. The Morgan fingerprint density at radius 3 is 2.71 bits per heavy atom. The third-order valence-electron chi connectivity index (χ3n) is 4.85. The fourth-order valence-electron chi connectivity index (χ4n) is 3.90. The van der Waals surface area contributed by atoms with Crippen LogP contribution in [0.4, 0.5) is 0 Å². The van der Waals surface area contributed by atoms with Gasteiger partial charge in [-0.3, -0.25) is 4.90 Å². The van der Waals surface area contributed by atoms with E-state index in [0.29, 0.717) is 6.04 Å². The fraction of sp³-hybridized carbons (Fsp3) is 0.765. The molecule has 21 heavy (non-hydrogen) atoms. The summed E-state index contributed by atoms with van der Waals surface area (Å²) >= 11 is 0. The Balaban J connectivity index is 1.75. The standard InChI is InChI=1S/C17H28N4/c1-20(2)13-14-10-11-18-17(19-14)16-9-6-12-21(16)15-7-4-3-5-8-15/h10-11,15-16H,3-9,12-13H2,1-2H3/t16-/m1/s1. The number of hydrogen-bond donors (Lipinski definition) is 0. The molecule has 116 valence electrons. The van der Waals surface area contributed by atoms with Crippen molar-refractivity contribution in [3.05, 3.63) is 23.8 Å². The number of aromatic nitrogens is 2. The van der Waals surface area contributed by atoms with Crippen molar-refractivity contribution in [1.82, 2.24) is 19.8 Å². The molecule has 1 aromatic heterocycles. The van der Waals surface area contributed by atoms with E-state index in [2.05, 4.69) is 28.9 Å². The SMILES string of the molecule is CN(C)Cc1ccnc([C@H]2CCCN2C2CCCCC2)n1. The first-order chi connectivity index (χ1) is 10.2. The van der Waals surface area contributed by atoms with Gasteiger partial charge in [0.2, 0.25) is 0 Å². The third-order valence-corrected chi connectivity index (χ3v) is 4.85. The Labute approximate surface area is 128 Å². The number of rotatable bonds is 4. The van der Waals surface area contributed by atoms with E-state index in [1.165, 1.54) is 51.5 Å². The summed E-state index contributed by atoms with van der Waals surface area (Å²) in [5.41, 5.74) is 1.14. The molecule has 1 aliphatic carbocycles. The molecule has 0 amide bonds. The van der Waals surface area contributed by atoms with E-state index in [1.54, 1.807) is 0 Å². The lowest BCUT2D eigenvalue weighted by Gasteiger charge is -2.35. The summed E-state index contributed by atoms with van der Waals surface area (Å²) in [7, 11) is 4.18. The van der Waals surface area contributed by atoms with Crippen LogP contribution in [0.25, 0.3) is 0 Å². The summed E-state index contributed by atoms with van der Waals surface area (Å²) in [6.45, 7) is 2.13. The molecule has 1 aliphatic heterocycles. The first-order valence-electron chi connectivity index (χ1n) is 8.46. The van der Waals surface area contributed by atoms with Crippen molar-refractivity contribution >= 4 is 0 Å². The van der Waals surface area contributed by atoms with Crippen LogP contribution >= 0.6 is 0 Å². The summed E-state index contributed by atoms with van der Waals surface area (Å²) in [4.78, 5) is 14.3. The van der Waals surface area contributed by atoms with Crippen LogP contribution in [-0.4, -0.2) is 46.4 Å². The Hall–Kier alpha value is -1.00. The van der Waals surface area contributed by atoms with Crippen molar-refractivity contribution in [2.24, 2.45) is 0 Å². The lowest BCUT2D eigenvalue weighted by molar-refractivity contribution is 0.137. The van der Waals surface area contributed by atoms with Crippen LogP contribution in [0, 0.1) is 0 Å². The van der Waals surface area contributed by atoms with Gasteiger partial charge in [-0.25, -0.2) is 9.97 Å². The number of hydrogen-bond acceptors (Lipinski definition) is 4. The topological polar surface area (TPSA) is 32.3 Å². The van der Waals surface area contributed by atoms with E-state index >= 15 is 0 Å². The van der Waals surface area contributed by atoms with Gasteiger partial charge >= 0.3 is 0 Å². The van der Waals surface area contributed by atoms with E-state index < -0.39 is 0 Å². The average molecular weight is 288 g/mol. The van der Waals surface area contributed by atoms with E-state index in [4.69, 9.17) is 4.98 Å². The second-order valence-corrected chi connectivity index (χ2v) is 6.83. The molecule has 0 aromatic carbocycles. The van der Waals surface area contributed by atoms with Crippen LogP contribution in [0.5, 0.6) is 0 Å². The summed E-state index contributed by atoms with van der Waals surface area (Å²) in [5.74, 6) is 1.05. The molecular formula is C17H28N4. The molecule has 2 aliphatic rings. The Morgan fingerprint density at radius 2 is 1.95 bits per heavy atom. The molecule has 1 saturated carbocycles. The number of nitrogens with zero attached hydrogens (tertiary/aromatic N) is 4. The lowest BCUT2D eigenvalue weighted by Crippen LogP contribution is -2.37. The molecule has 4 nitrogen and oxygen atoms in total. The maximum atomic E-state index is 4.85. The van der Waals surface area contributed by atoms with E-state index in [-0.39, 0.29) is 0 Å². The minimum absolute atomic E-state index is 0.454. The van der Waals surface area contributed by atoms with Gasteiger partial charge in [-0.15, -0.1) is 0 Å². The molecule has 0 bridgehead atoms. The van der Waals surface area contributed by atoms with Crippen LogP contribution in [0.3, 0.4) is 0 Å². The summed E-state index contributed by atoms with van der Waals surface area (Å²) in [6.07, 6.45) is 11.4. The van der Waals surface area contributed by atoms with Gasteiger partial charge in [0.15, 0.2) is 0 Å². The highest BCUT2D eigenvalue weighted by Gasteiger charge is 2.33. The van der Waals surface area contributed by atoms with Gasteiger partial charge < -0.3 is 4.90 Å². The van der Waals surface area contributed by atoms with Crippen molar-refractivity contribution in [3.63, 3.8) is 0 Å². The molecule has 1 aromatic rings. The molecule has 3 rings (SSSR count). The largest absolute Gasteiger partial charge is 0.304 e. The van der Waals surface area contributed by atoms with Gasteiger partial charge in [0.25, 0.3) is 0 Å². The predicted octanol–water partition coefficient (Wildman–Crippen LogP) is 3.01. The molecule has 2 fully saturated rings. The molecule has 0 spiro atoms. The molecular weight excluding hydrogens is 260 g/mol. The van der Waals surface area contributed by atoms with E-state index in [1.807, 2.05) is 12.3 Å². The van der Waals surface area contributed by atoms with Crippen LogP contribution < -0.4 is 0 Å². The summed E-state index contributed by atoms with van der Waals surface area (Å²) in [5, 5.41) is 0. The highest BCUT2D eigenvalue weighted by molar-refractivity contribution is 5.07. The maximum Gasteiger partial charge on any atom is 0.145 e. The zero-order chi connectivity index (χ0) is 14.7. The molecule has 0 radical (unpaired) electrons. The van der Waals surface area contributed by atoms with Gasteiger partial charge in [-0.2, -0.15) is 0 Å². The third kappa shape index (κ3) is 3.61. The molecule has 2 heterocycles. The smallest absolute Gasteiger partial charge is 0.145 e. The molecule has 0 N–H and O–H groups in total. The van der Waals surface area contributed by atoms with Crippen LogP contribution in [0.15, 0.2) is 12.3 Å². The van der Waals surface area contributed by atoms with Crippen LogP contribution in [0.1, 0.15) is 62.5 Å². The van der Waals surface area contributed by atoms with Gasteiger partial charge in [0.05, 0.1) is 11.7 Å².